The molecule has 58 valence electrons. The second kappa shape index (κ2) is 2.54. The van der Waals surface area contributed by atoms with E-state index in [1.807, 2.05) is 0 Å². The number of carboxylic acid groups (broad SMARTS) is 1. The van der Waals surface area contributed by atoms with Gasteiger partial charge in [-0.1, -0.05) is 0 Å². The van der Waals surface area contributed by atoms with Crippen molar-refractivity contribution in [1.29, 1.82) is 0 Å². The molecule has 1 heterocycles. The summed E-state index contributed by atoms with van der Waals surface area (Å²) in [5.74, 6) is -1.41. The molecular formula is C6H9FO3. The highest BCUT2D eigenvalue weighted by atomic mass is 19.1. The van der Waals surface area contributed by atoms with Crippen LogP contribution in [0.25, 0.3) is 0 Å². The van der Waals surface area contributed by atoms with Crippen LogP contribution in [0.5, 0.6) is 0 Å². The van der Waals surface area contributed by atoms with Crippen molar-refractivity contribution >= 4 is 5.97 Å². The maximum atomic E-state index is 13.0. The Kier molecular flexibility index (Phi) is 1.89. The molecule has 0 saturated carbocycles. The summed E-state index contributed by atoms with van der Waals surface area (Å²) in [4.78, 5) is 10.2. The van der Waals surface area contributed by atoms with E-state index >= 15 is 0 Å². The van der Waals surface area contributed by atoms with Gasteiger partial charge in [-0.3, -0.25) is 0 Å². The molecule has 4 heteroatoms. The number of carbonyl (C=O) groups is 1. The number of carboxylic acids is 1. The lowest BCUT2D eigenvalue weighted by Gasteiger charge is -2.24. The molecule has 3 nitrogen and oxygen atoms in total. The van der Waals surface area contributed by atoms with E-state index < -0.39 is 11.6 Å². The van der Waals surface area contributed by atoms with E-state index in [9.17, 15) is 9.18 Å². The van der Waals surface area contributed by atoms with Crippen LogP contribution >= 0.6 is 0 Å². The average Bonchev–Trinajstić information content (AvgIpc) is 1.89. The van der Waals surface area contributed by atoms with Crippen molar-refractivity contribution in [3.63, 3.8) is 0 Å². The third kappa shape index (κ3) is 1.26. The number of hydrogen-bond donors (Lipinski definition) is 1. The van der Waals surface area contributed by atoms with Gasteiger partial charge >= 0.3 is 5.97 Å². The van der Waals surface area contributed by atoms with E-state index in [0.717, 1.165) is 0 Å². The summed E-state index contributed by atoms with van der Waals surface area (Å²) in [6.07, 6.45) is 0.561. The van der Waals surface area contributed by atoms with Crippen molar-refractivity contribution in [2.24, 2.45) is 0 Å². The predicted molar refractivity (Wildman–Crippen MR) is 31.5 cm³/mol. The largest absolute Gasteiger partial charge is 0.479 e. The van der Waals surface area contributed by atoms with Crippen molar-refractivity contribution in [1.82, 2.24) is 0 Å². The molecule has 0 aromatic rings. The van der Waals surface area contributed by atoms with E-state index in [1.54, 1.807) is 0 Å². The molecule has 1 saturated heterocycles. The zero-order valence-corrected chi connectivity index (χ0v) is 5.47. The van der Waals surface area contributed by atoms with Crippen LogP contribution in [0.1, 0.15) is 12.8 Å². The Balaban J connectivity index is 2.56. The first kappa shape index (κ1) is 7.47. The fourth-order valence-corrected chi connectivity index (χ4v) is 0.929. The normalized spacial score (nSPS) is 33.7. The summed E-state index contributed by atoms with van der Waals surface area (Å²) >= 11 is 0. The molecule has 1 N–H and O–H groups in total. The highest BCUT2D eigenvalue weighted by molar-refractivity contribution is 5.77. The van der Waals surface area contributed by atoms with Gasteiger partial charge in [-0.05, 0) is 12.8 Å². The smallest absolute Gasteiger partial charge is 0.343 e. The van der Waals surface area contributed by atoms with Gasteiger partial charge in [-0.25, -0.2) is 9.18 Å². The van der Waals surface area contributed by atoms with Crippen LogP contribution in [0.3, 0.4) is 0 Å². The van der Waals surface area contributed by atoms with Crippen LogP contribution in [-0.4, -0.2) is 30.0 Å². The lowest BCUT2D eigenvalue weighted by Crippen LogP contribution is -2.41. The molecule has 1 fully saturated rings. The van der Waals surface area contributed by atoms with E-state index in [-0.39, 0.29) is 13.0 Å². The fraction of sp³-hybridized carbons (Fsp3) is 0.833. The molecule has 1 atom stereocenters. The Morgan fingerprint density at radius 3 is 2.70 bits per heavy atom. The van der Waals surface area contributed by atoms with Crippen LogP contribution in [-0.2, 0) is 9.53 Å². The third-order valence-corrected chi connectivity index (χ3v) is 1.58. The molecule has 1 unspecified atom stereocenters. The highest BCUT2D eigenvalue weighted by Crippen LogP contribution is 2.23. The zero-order chi connectivity index (χ0) is 7.61. The second-order valence-corrected chi connectivity index (χ2v) is 2.43. The van der Waals surface area contributed by atoms with Crippen LogP contribution in [0.4, 0.5) is 4.39 Å². The Morgan fingerprint density at radius 2 is 2.40 bits per heavy atom. The van der Waals surface area contributed by atoms with Crippen LogP contribution in [0.2, 0.25) is 0 Å². The Labute approximate surface area is 57.8 Å². The first-order valence-corrected chi connectivity index (χ1v) is 3.15. The Bertz CT molecular complexity index is 140. The van der Waals surface area contributed by atoms with Gasteiger partial charge in [-0.2, -0.15) is 0 Å². The lowest BCUT2D eigenvalue weighted by atomic mass is 9.99. The minimum Gasteiger partial charge on any atom is -0.479 e. The summed E-state index contributed by atoms with van der Waals surface area (Å²) in [5, 5.41) is 8.34. The topological polar surface area (TPSA) is 46.5 Å². The number of aliphatic carboxylic acids is 1. The van der Waals surface area contributed by atoms with Gasteiger partial charge in [0.25, 0.3) is 0 Å². The summed E-state index contributed by atoms with van der Waals surface area (Å²) in [5.41, 5.74) is -2.13. The van der Waals surface area contributed by atoms with Crippen molar-refractivity contribution in [3.8, 4) is 0 Å². The number of hydrogen-bond acceptors (Lipinski definition) is 2. The van der Waals surface area contributed by atoms with E-state index in [0.29, 0.717) is 13.0 Å². The van der Waals surface area contributed by atoms with Crippen molar-refractivity contribution in [2.45, 2.75) is 18.5 Å². The summed E-state index contributed by atoms with van der Waals surface area (Å²) in [6.45, 7) is 0.168. The minimum absolute atomic E-state index is 0.0718. The molecule has 0 spiro atoms. The van der Waals surface area contributed by atoms with Gasteiger partial charge < -0.3 is 9.84 Å². The maximum Gasteiger partial charge on any atom is 0.343 e. The van der Waals surface area contributed by atoms with Crippen molar-refractivity contribution in [2.75, 3.05) is 13.2 Å². The number of halogens is 1. The van der Waals surface area contributed by atoms with Gasteiger partial charge in [0, 0.05) is 6.61 Å². The number of ether oxygens (including phenoxy) is 1. The molecule has 0 radical (unpaired) electrons. The van der Waals surface area contributed by atoms with Gasteiger partial charge in [0.15, 0.2) is 0 Å². The van der Waals surface area contributed by atoms with Gasteiger partial charge in [-0.15, -0.1) is 0 Å². The highest BCUT2D eigenvalue weighted by Gasteiger charge is 2.40. The third-order valence-electron chi connectivity index (χ3n) is 1.58. The lowest BCUT2D eigenvalue weighted by molar-refractivity contribution is -0.160. The maximum absolute atomic E-state index is 13.0. The Morgan fingerprint density at radius 1 is 1.70 bits per heavy atom. The summed E-state index contributed by atoms with van der Waals surface area (Å²) in [6, 6.07) is 0. The van der Waals surface area contributed by atoms with Crippen LogP contribution in [0.15, 0.2) is 0 Å². The standard InChI is InChI=1S/C6H9FO3/c7-6(5(8)9)2-1-3-10-4-6/h1-4H2,(H,8,9). The van der Waals surface area contributed by atoms with Gasteiger partial charge in [0.1, 0.15) is 0 Å². The summed E-state index contributed by atoms with van der Waals surface area (Å²) in [7, 11) is 0. The second-order valence-electron chi connectivity index (χ2n) is 2.43. The number of rotatable bonds is 1. The van der Waals surface area contributed by atoms with Crippen LogP contribution < -0.4 is 0 Å². The molecule has 1 aliphatic heterocycles. The predicted octanol–water partition coefficient (Wildman–Crippen LogP) is 0.590. The van der Waals surface area contributed by atoms with Gasteiger partial charge in [0.2, 0.25) is 5.67 Å². The molecular weight excluding hydrogens is 139 g/mol. The van der Waals surface area contributed by atoms with Crippen molar-refractivity contribution in [3.05, 3.63) is 0 Å². The van der Waals surface area contributed by atoms with Crippen LogP contribution in [0, 0.1) is 0 Å². The minimum atomic E-state index is -2.13. The Hall–Kier alpha value is -0.640. The molecule has 10 heavy (non-hydrogen) atoms. The monoisotopic (exact) mass is 148 g/mol. The van der Waals surface area contributed by atoms with E-state index in [2.05, 4.69) is 0 Å². The fourth-order valence-electron chi connectivity index (χ4n) is 0.929. The quantitative estimate of drug-likeness (QED) is 0.592. The number of alkyl halides is 1. The molecule has 1 rings (SSSR count). The SMILES string of the molecule is O=C(O)C1(F)CCCOC1. The first-order chi connectivity index (χ1) is 4.65. The van der Waals surface area contributed by atoms with E-state index in [1.165, 1.54) is 0 Å². The molecule has 0 aliphatic carbocycles. The zero-order valence-electron chi connectivity index (χ0n) is 5.47. The molecule has 0 amide bonds. The molecule has 1 aliphatic rings. The molecule has 0 bridgehead atoms. The van der Waals surface area contributed by atoms with E-state index in [4.69, 9.17) is 9.84 Å². The average molecular weight is 148 g/mol. The van der Waals surface area contributed by atoms with Crippen molar-refractivity contribution < 1.29 is 19.0 Å². The molecule has 0 aromatic carbocycles. The first-order valence-electron chi connectivity index (χ1n) is 3.15. The van der Waals surface area contributed by atoms with Gasteiger partial charge in [0.05, 0.1) is 6.61 Å². The molecule has 0 aromatic heterocycles. The summed E-state index contributed by atoms with van der Waals surface area (Å²) < 4.78 is 17.7.